The van der Waals surface area contributed by atoms with Gasteiger partial charge in [0.15, 0.2) is 11.5 Å². The molecule has 1 saturated heterocycles. The van der Waals surface area contributed by atoms with Gasteiger partial charge in [-0.2, -0.15) is 18.3 Å². The summed E-state index contributed by atoms with van der Waals surface area (Å²) in [6, 6.07) is 5.23. The first-order valence-electron chi connectivity index (χ1n) is 13.8. The number of ether oxygens (including phenoxy) is 1. The number of hydrogen-bond acceptors (Lipinski definition) is 8. The smallest absolute Gasteiger partial charge is 0.435 e. The van der Waals surface area contributed by atoms with Crippen LogP contribution in [-0.4, -0.2) is 67.9 Å². The standard InChI is InChI=1S/C29H31F3N8O2.ClH/c1-17-10-21(36-28(35-17)39-7-4-33-5-8-39)13-20-16-42-26-22(24-15-38(3)37-27(24)29(30,31)32)11-19(12-23(26)25(20)41)14-40-9-6-34-18(40)2;/h6,9-12,15,20,33H,4-5,7-8,13-14,16H2,1-3H3;1H. The molecule has 0 bridgehead atoms. The fourth-order valence-electron chi connectivity index (χ4n) is 5.59. The summed E-state index contributed by atoms with van der Waals surface area (Å²) in [6.45, 7) is 7.34. The van der Waals surface area contributed by atoms with E-state index in [1.807, 2.05) is 24.5 Å². The number of carbonyl (C=O) groups excluding carboxylic acids is 1. The monoisotopic (exact) mass is 616 g/mol. The number of aromatic nitrogens is 6. The third kappa shape index (κ3) is 6.23. The Morgan fingerprint density at radius 3 is 2.51 bits per heavy atom. The molecule has 228 valence electrons. The van der Waals surface area contributed by atoms with Crippen LogP contribution in [0.2, 0.25) is 0 Å². The van der Waals surface area contributed by atoms with E-state index in [9.17, 15) is 18.0 Å². The minimum Gasteiger partial charge on any atom is -0.491 e. The zero-order chi connectivity index (χ0) is 29.6. The van der Waals surface area contributed by atoms with Gasteiger partial charge in [0.2, 0.25) is 5.95 Å². The van der Waals surface area contributed by atoms with Gasteiger partial charge in [-0.3, -0.25) is 9.48 Å². The van der Waals surface area contributed by atoms with Gasteiger partial charge in [-0.15, -0.1) is 12.4 Å². The van der Waals surface area contributed by atoms with Crippen LogP contribution in [0.3, 0.4) is 0 Å². The molecule has 0 radical (unpaired) electrons. The summed E-state index contributed by atoms with van der Waals surface area (Å²) in [5.41, 5.74) is 1.45. The Kier molecular flexibility index (Phi) is 8.48. The zero-order valence-electron chi connectivity index (χ0n) is 24.0. The Morgan fingerprint density at radius 2 is 1.81 bits per heavy atom. The maximum atomic E-state index is 14.0. The van der Waals surface area contributed by atoms with E-state index in [0.717, 1.165) is 48.1 Å². The molecule has 3 aromatic heterocycles. The van der Waals surface area contributed by atoms with E-state index >= 15 is 0 Å². The molecular weight excluding hydrogens is 585 g/mol. The summed E-state index contributed by atoms with van der Waals surface area (Å²) < 4.78 is 51.1. The van der Waals surface area contributed by atoms with Crippen molar-refractivity contribution in [3.8, 4) is 16.9 Å². The number of rotatable bonds is 6. The normalized spacial score (nSPS) is 16.9. The number of ketones is 1. The number of nitrogens with one attached hydrogen (secondary N) is 1. The number of alkyl halides is 3. The first-order chi connectivity index (χ1) is 20.1. The molecule has 0 spiro atoms. The van der Waals surface area contributed by atoms with E-state index < -0.39 is 17.8 Å². The van der Waals surface area contributed by atoms with Crippen molar-refractivity contribution in [3.63, 3.8) is 0 Å². The van der Waals surface area contributed by atoms with Crippen LogP contribution in [0.15, 0.2) is 36.8 Å². The van der Waals surface area contributed by atoms with Crippen LogP contribution in [0.1, 0.15) is 38.8 Å². The molecule has 0 saturated carbocycles. The molecule has 4 aromatic rings. The highest BCUT2D eigenvalue weighted by Crippen LogP contribution is 2.44. The van der Waals surface area contributed by atoms with Crippen LogP contribution < -0.4 is 15.0 Å². The molecule has 6 rings (SSSR count). The molecule has 10 nitrogen and oxygen atoms in total. The highest BCUT2D eigenvalue weighted by Gasteiger charge is 2.40. The van der Waals surface area contributed by atoms with E-state index in [-0.39, 0.29) is 47.2 Å². The number of aryl methyl sites for hydroxylation is 3. The fraction of sp³-hybridized carbons (Fsp3) is 0.414. The van der Waals surface area contributed by atoms with Crippen molar-refractivity contribution in [3.05, 3.63) is 70.8 Å². The van der Waals surface area contributed by atoms with Gasteiger partial charge in [0, 0.05) is 87.3 Å². The number of fused-ring (bicyclic) bond motifs is 1. The molecule has 5 heterocycles. The van der Waals surface area contributed by atoms with Crippen molar-refractivity contribution in [2.75, 3.05) is 37.7 Å². The topological polar surface area (TPSA) is 103 Å². The minimum atomic E-state index is -4.69. The average molecular weight is 617 g/mol. The molecule has 1 atom stereocenters. The van der Waals surface area contributed by atoms with Gasteiger partial charge >= 0.3 is 6.18 Å². The van der Waals surface area contributed by atoms with Crippen molar-refractivity contribution in [1.29, 1.82) is 0 Å². The van der Waals surface area contributed by atoms with Gasteiger partial charge in [0.05, 0.1) is 18.1 Å². The second-order valence-electron chi connectivity index (χ2n) is 10.8. The second kappa shape index (κ2) is 12.0. The molecule has 0 amide bonds. The van der Waals surface area contributed by atoms with Crippen molar-refractivity contribution in [1.82, 2.24) is 34.6 Å². The Bertz CT molecular complexity index is 1650. The number of benzene rings is 1. The first kappa shape index (κ1) is 30.5. The van der Waals surface area contributed by atoms with Gasteiger partial charge < -0.3 is 19.5 Å². The minimum absolute atomic E-state index is 0. The lowest BCUT2D eigenvalue weighted by molar-refractivity contribution is -0.140. The number of hydrogen-bond donors (Lipinski definition) is 1. The lowest BCUT2D eigenvalue weighted by Crippen LogP contribution is -2.44. The van der Waals surface area contributed by atoms with Gasteiger partial charge in [-0.25, -0.2) is 15.0 Å². The first-order valence-corrected chi connectivity index (χ1v) is 13.8. The van der Waals surface area contributed by atoms with Gasteiger partial charge in [0.25, 0.3) is 0 Å². The van der Waals surface area contributed by atoms with Crippen molar-refractivity contribution in [2.45, 2.75) is 33.0 Å². The lowest BCUT2D eigenvalue weighted by atomic mass is 9.87. The molecule has 0 aliphatic carbocycles. The third-order valence-corrected chi connectivity index (χ3v) is 7.63. The summed E-state index contributed by atoms with van der Waals surface area (Å²) in [4.78, 5) is 29.7. The van der Waals surface area contributed by atoms with Gasteiger partial charge in [-0.1, -0.05) is 0 Å². The largest absolute Gasteiger partial charge is 0.491 e. The molecule has 2 aliphatic rings. The quantitative estimate of drug-likeness (QED) is 0.347. The predicted octanol–water partition coefficient (Wildman–Crippen LogP) is 4.02. The summed E-state index contributed by atoms with van der Waals surface area (Å²) in [7, 11) is 1.43. The van der Waals surface area contributed by atoms with E-state index in [2.05, 4.69) is 25.3 Å². The lowest BCUT2D eigenvalue weighted by Gasteiger charge is -2.29. The van der Waals surface area contributed by atoms with E-state index in [4.69, 9.17) is 9.72 Å². The number of carbonyl (C=O) groups is 1. The van der Waals surface area contributed by atoms with Crippen LogP contribution in [0, 0.1) is 19.8 Å². The Labute approximate surface area is 252 Å². The number of anilines is 1. The van der Waals surface area contributed by atoms with Crippen LogP contribution in [0.25, 0.3) is 11.1 Å². The molecular formula is C29H32ClF3N8O2. The molecule has 1 aromatic carbocycles. The summed E-state index contributed by atoms with van der Waals surface area (Å²) in [5, 5.41) is 7.00. The van der Waals surface area contributed by atoms with E-state index in [1.54, 1.807) is 24.5 Å². The molecule has 1 unspecified atom stereocenters. The Hall–Kier alpha value is -3.97. The van der Waals surface area contributed by atoms with Crippen molar-refractivity contribution in [2.24, 2.45) is 13.0 Å². The molecule has 1 N–H and O–H groups in total. The summed E-state index contributed by atoms with van der Waals surface area (Å²) in [5.74, 6) is 0.760. The molecule has 43 heavy (non-hydrogen) atoms. The summed E-state index contributed by atoms with van der Waals surface area (Å²) in [6.07, 6.45) is 0.385. The van der Waals surface area contributed by atoms with Crippen LogP contribution in [-0.2, 0) is 26.2 Å². The predicted molar refractivity (Wildman–Crippen MR) is 156 cm³/mol. The fourth-order valence-corrected chi connectivity index (χ4v) is 5.59. The van der Waals surface area contributed by atoms with Crippen molar-refractivity contribution >= 4 is 24.1 Å². The number of Topliss-reactive ketones (excluding diaryl/α,β-unsaturated/α-hetero) is 1. The van der Waals surface area contributed by atoms with Crippen molar-refractivity contribution < 1.29 is 22.7 Å². The maximum absolute atomic E-state index is 14.0. The van der Waals surface area contributed by atoms with E-state index in [1.165, 1.54) is 13.2 Å². The number of nitrogens with zero attached hydrogens (tertiary/aromatic N) is 7. The SMILES string of the molecule is Cc1cc(CC2COc3c(cc(Cn4ccnc4C)cc3-c3cn(C)nc3C(F)(F)F)C2=O)nc(N2CCNCC2)n1.Cl. The Morgan fingerprint density at radius 1 is 1.07 bits per heavy atom. The third-order valence-electron chi connectivity index (χ3n) is 7.63. The Balaban J connectivity index is 0.00000368. The molecule has 14 heteroatoms. The van der Waals surface area contributed by atoms with Crippen LogP contribution in [0.5, 0.6) is 5.75 Å². The zero-order valence-corrected chi connectivity index (χ0v) is 24.8. The number of piperazine rings is 1. The maximum Gasteiger partial charge on any atom is 0.435 e. The van der Waals surface area contributed by atoms with Gasteiger partial charge in [-0.05, 0) is 37.6 Å². The number of imidazole rings is 1. The van der Waals surface area contributed by atoms with E-state index in [0.29, 0.717) is 24.5 Å². The highest BCUT2D eigenvalue weighted by atomic mass is 35.5. The second-order valence-corrected chi connectivity index (χ2v) is 10.8. The van der Waals surface area contributed by atoms with Crippen LogP contribution >= 0.6 is 12.4 Å². The summed E-state index contributed by atoms with van der Waals surface area (Å²) >= 11 is 0. The molecule has 1 fully saturated rings. The molecule has 2 aliphatic heterocycles. The van der Waals surface area contributed by atoms with Crippen LogP contribution in [0.4, 0.5) is 19.1 Å². The highest BCUT2D eigenvalue weighted by molar-refractivity contribution is 6.04. The van der Waals surface area contributed by atoms with Gasteiger partial charge in [0.1, 0.15) is 11.6 Å². The number of halogens is 4. The average Bonchev–Trinajstić information content (AvgIpc) is 3.55.